The number of carbonyl (C=O) groups is 2. The van der Waals surface area contributed by atoms with E-state index in [0.29, 0.717) is 23.9 Å². The normalized spacial score (nSPS) is 19.9. The molecule has 176 valence electrons. The van der Waals surface area contributed by atoms with Crippen molar-refractivity contribution < 1.29 is 9.59 Å². The van der Waals surface area contributed by atoms with Crippen LogP contribution < -0.4 is 5.32 Å². The Kier molecular flexibility index (Phi) is 7.70. The molecule has 2 aliphatic rings. The van der Waals surface area contributed by atoms with Gasteiger partial charge in [0.25, 0.3) is 5.91 Å². The fraction of sp³-hybridized carbons (Fsp3) is 0.538. The van der Waals surface area contributed by atoms with Crippen molar-refractivity contribution in [3.63, 3.8) is 0 Å². The van der Waals surface area contributed by atoms with Crippen LogP contribution in [0.3, 0.4) is 0 Å². The van der Waals surface area contributed by atoms with E-state index in [0.717, 1.165) is 68.3 Å². The van der Waals surface area contributed by atoms with Crippen LogP contribution in [0.25, 0.3) is 11.1 Å². The third kappa shape index (κ3) is 5.96. The molecule has 2 saturated heterocycles. The molecular formula is C26H35N5O2. The maximum Gasteiger partial charge on any atom is 0.269 e. The maximum atomic E-state index is 12.7. The number of nitrogens with one attached hydrogen (secondary N) is 1. The molecule has 0 bridgehead atoms. The number of aromatic nitrogens is 2. The summed E-state index contributed by atoms with van der Waals surface area (Å²) >= 11 is 0. The highest BCUT2D eigenvalue weighted by molar-refractivity contribution is 5.92. The minimum absolute atomic E-state index is 0.194. The molecule has 0 aliphatic carbocycles. The number of carbonyl (C=O) groups excluding carboxylic acids is 2. The second-order valence-electron chi connectivity index (χ2n) is 9.44. The molecule has 33 heavy (non-hydrogen) atoms. The van der Waals surface area contributed by atoms with Gasteiger partial charge in [0.15, 0.2) is 0 Å². The first kappa shape index (κ1) is 23.4. The van der Waals surface area contributed by atoms with Gasteiger partial charge in [0, 0.05) is 74.8 Å². The fourth-order valence-corrected chi connectivity index (χ4v) is 4.97. The second kappa shape index (κ2) is 10.9. The summed E-state index contributed by atoms with van der Waals surface area (Å²) in [6.45, 7) is 7.09. The fourth-order valence-electron chi connectivity index (χ4n) is 4.97. The van der Waals surface area contributed by atoms with Crippen LogP contribution in [-0.4, -0.2) is 71.4 Å². The van der Waals surface area contributed by atoms with E-state index in [9.17, 15) is 9.59 Å². The van der Waals surface area contributed by atoms with Crippen molar-refractivity contribution in [3.8, 4) is 11.1 Å². The van der Waals surface area contributed by atoms with Crippen LogP contribution in [0.15, 0.2) is 36.7 Å². The number of rotatable bonds is 6. The molecule has 0 aromatic carbocycles. The van der Waals surface area contributed by atoms with E-state index in [1.165, 1.54) is 12.8 Å². The number of piperidine rings is 2. The van der Waals surface area contributed by atoms with Crippen LogP contribution in [0.4, 0.5) is 0 Å². The first-order valence-corrected chi connectivity index (χ1v) is 12.2. The summed E-state index contributed by atoms with van der Waals surface area (Å²) in [5, 5.41) is 2.58. The Morgan fingerprint density at radius 1 is 1.00 bits per heavy atom. The molecule has 4 rings (SSSR count). The molecule has 0 radical (unpaired) electrons. The van der Waals surface area contributed by atoms with E-state index in [1.54, 1.807) is 19.3 Å². The number of amides is 2. The van der Waals surface area contributed by atoms with Crippen LogP contribution in [0, 0.1) is 5.92 Å². The van der Waals surface area contributed by atoms with E-state index in [2.05, 4.69) is 34.3 Å². The van der Waals surface area contributed by atoms with Gasteiger partial charge in [-0.25, -0.2) is 0 Å². The number of hydrogen-bond donors (Lipinski definition) is 1. The summed E-state index contributed by atoms with van der Waals surface area (Å²) < 4.78 is 0. The van der Waals surface area contributed by atoms with E-state index in [1.807, 2.05) is 17.2 Å². The molecule has 1 unspecified atom stereocenters. The SMILES string of the molecule is CNC(=O)c1ccc(-c2ccc(C3CCN(C(=O)CCN4CCCC(C)C4)CC3)nc2)cn1. The van der Waals surface area contributed by atoms with Gasteiger partial charge < -0.3 is 15.1 Å². The summed E-state index contributed by atoms with van der Waals surface area (Å²) in [5.41, 5.74) is 3.40. The minimum atomic E-state index is -0.194. The molecule has 2 fully saturated rings. The van der Waals surface area contributed by atoms with Gasteiger partial charge in [0.2, 0.25) is 5.91 Å². The van der Waals surface area contributed by atoms with Crippen LogP contribution in [-0.2, 0) is 4.79 Å². The summed E-state index contributed by atoms with van der Waals surface area (Å²) in [5.74, 6) is 1.24. The van der Waals surface area contributed by atoms with Crippen molar-refractivity contribution in [1.29, 1.82) is 0 Å². The highest BCUT2D eigenvalue weighted by Crippen LogP contribution is 2.28. The van der Waals surface area contributed by atoms with E-state index in [4.69, 9.17) is 4.98 Å². The van der Waals surface area contributed by atoms with E-state index >= 15 is 0 Å². The predicted octanol–water partition coefficient (Wildman–Crippen LogP) is 3.33. The molecule has 7 heteroatoms. The van der Waals surface area contributed by atoms with Gasteiger partial charge in [-0.05, 0) is 50.3 Å². The van der Waals surface area contributed by atoms with Crippen LogP contribution in [0.2, 0.25) is 0 Å². The molecule has 0 saturated carbocycles. The van der Waals surface area contributed by atoms with Gasteiger partial charge in [0.05, 0.1) is 0 Å². The Morgan fingerprint density at radius 2 is 1.73 bits per heavy atom. The highest BCUT2D eigenvalue weighted by Gasteiger charge is 2.25. The first-order valence-electron chi connectivity index (χ1n) is 12.2. The summed E-state index contributed by atoms with van der Waals surface area (Å²) in [6.07, 6.45) is 8.71. The number of hydrogen-bond acceptors (Lipinski definition) is 5. The molecule has 0 spiro atoms. The van der Waals surface area contributed by atoms with Crippen molar-refractivity contribution in [2.24, 2.45) is 5.92 Å². The quantitative estimate of drug-likeness (QED) is 0.732. The Morgan fingerprint density at radius 3 is 2.33 bits per heavy atom. The third-order valence-electron chi connectivity index (χ3n) is 6.99. The van der Waals surface area contributed by atoms with Gasteiger partial charge in [-0.15, -0.1) is 0 Å². The van der Waals surface area contributed by atoms with Crippen molar-refractivity contribution in [2.75, 3.05) is 39.8 Å². The maximum absolute atomic E-state index is 12.7. The second-order valence-corrected chi connectivity index (χ2v) is 9.44. The smallest absolute Gasteiger partial charge is 0.269 e. The zero-order valence-electron chi connectivity index (χ0n) is 19.8. The molecule has 2 aromatic heterocycles. The number of nitrogens with zero attached hydrogens (tertiary/aromatic N) is 4. The Bertz CT molecular complexity index is 936. The molecule has 4 heterocycles. The van der Waals surface area contributed by atoms with Gasteiger partial charge in [-0.1, -0.05) is 19.1 Å². The van der Waals surface area contributed by atoms with Crippen LogP contribution in [0.1, 0.15) is 61.1 Å². The number of likely N-dealkylation sites (tertiary alicyclic amines) is 2. The Hall–Kier alpha value is -2.80. The van der Waals surface area contributed by atoms with Crippen LogP contribution >= 0.6 is 0 Å². The largest absolute Gasteiger partial charge is 0.354 e. The monoisotopic (exact) mass is 449 g/mol. The van der Waals surface area contributed by atoms with Crippen molar-refractivity contribution in [1.82, 2.24) is 25.1 Å². The predicted molar refractivity (Wildman–Crippen MR) is 129 cm³/mol. The average molecular weight is 450 g/mol. The summed E-state index contributed by atoms with van der Waals surface area (Å²) in [6, 6.07) is 7.77. The lowest BCUT2D eigenvalue weighted by Crippen LogP contribution is -2.41. The molecule has 1 N–H and O–H groups in total. The first-order chi connectivity index (χ1) is 16.0. The summed E-state index contributed by atoms with van der Waals surface area (Å²) in [4.78, 5) is 37.8. The zero-order valence-corrected chi connectivity index (χ0v) is 19.8. The minimum Gasteiger partial charge on any atom is -0.354 e. The molecule has 2 aliphatic heterocycles. The lowest BCUT2D eigenvalue weighted by molar-refractivity contribution is -0.132. The molecule has 7 nitrogen and oxygen atoms in total. The molecule has 1 atom stereocenters. The van der Waals surface area contributed by atoms with Gasteiger partial charge in [-0.3, -0.25) is 19.6 Å². The van der Waals surface area contributed by atoms with E-state index < -0.39 is 0 Å². The van der Waals surface area contributed by atoms with Crippen LogP contribution in [0.5, 0.6) is 0 Å². The topological polar surface area (TPSA) is 78.4 Å². The lowest BCUT2D eigenvalue weighted by atomic mass is 9.92. The number of pyridine rings is 2. The molecule has 2 aromatic rings. The zero-order chi connectivity index (χ0) is 23.2. The third-order valence-corrected chi connectivity index (χ3v) is 6.99. The standard InChI is InChI=1S/C26H35N5O2/c1-19-4-3-12-30(18-19)13-11-25(32)31-14-9-20(10-15-31)23-7-5-21(16-28-23)22-6-8-24(29-17-22)26(33)27-2/h5-8,16-17,19-20H,3-4,9-15,18H2,1-2H3,(H,27,33). The van der Waals surface area contributed by atoms with Gasteiger partial charge in [-0.2, -0.15) is 0 Å². The Labute approximate surface area is 196 Å². The summed E-state index contributed by atoms with van der Waals surface area (Å²) in [7, 11) is 1.59. The molecule has 2 amide bonds. The van der Waals surface area contributed by atoms with Crippen molar-refractivity contribution in [2.45, 2.75) is 44.9 Å². The van der Waals surface area contributed by atoms with Crippen molar-refractivity contribution >= 4 is 11.8 Å². The van der Waals surface area contributed by atoms with Gasteiger partial charge >= 0.3 is 0 Å². The van der Waals surface area contributed by atoms with E-state index in [-0.39, 0.29) is 5.91 Å². The average Bonchev–Trinajstić information content (AvgIpc) is 2.87. The molecular weight excluding hydrogens is 414 g/mol. The lowest BCUT2D eigenvalue weighted by Gasteiger charge is -2.34. The Balaban J connectivity index is 1.26. The van der Waals surface area contributed by atoms with Crippen molar-refractivity contribution in [3.05, 3.63) is 48.0 Å². The van der Waals surface area contributed by atoms with Gasteiger partial charge in [0.1, 0.15) is 5.69 Å². The highest BCUT2D eigenvalue weighted by atomic mass is 16.2.